The molecule has 0 amide bonds. The minimum absolute atomic E-state index is 0.0640. The average Bonchev–Trinajstić information content (AvgIpc) is 2.87. The van der Waals surface area contributed by atoms with Gasteiger partial charge in [0.1, 0.15) is 0 Å². The van der Waals surface area contributed by atoms with Gasteiger partial charge in [0.05, 0.1) is 10.8 Å². The van der Waals surface area contributed by atoms with Crippen molar-refractivity contribution in [3.05, 3.63) is 39.9 Å². The first-order valence-electron chi connectivity index (χ1n) is 6.49. The number of Topliss-reactive ketones (excluding diaryl/α,β-unsaturated/α-hetero) is 1. The van der Waals surface area contributed by atoms with Crippen molar-refractivity contribution in [2.45, 2.75) is 25.7 Å². The molecule has 0 aliphatic heterocycles. The van der Waals surface area contributed by atoms with E-state index in [1.807, 2.05) is 0 Å². The minimum Gasteiger partial charge on any atom is -0.481 e. The number of aliphatic carboxylic acids is 1. The fourth-order valence-electron chi connectivity index (χ4n) is 2.73. The summed E-state index contributed by atoms with van der Waals surface area (Å²) in [4.78, 5) is 33.2. The van der Waals surface area contributed by atoms with Crippen LogP contribution in [-0.4, -0.2) is 21.8 Å². The van der Waals surface area contributed by atoms with Crippen molar-refractivity contribution < 1.29 is 19.6 Å². The van der Waals surface area contributed by atoms with Gasteiger partial charge in [-0.15, -0.1) is 0 Å². The molecule has 0 unspecified atom stereocenters. The lowest BCUT2D eigenvalue weighted by molar-refractivity contribution is -0.384. The first-order valence-corrected chi connectivity index (χ1v) is 6.49. The van der Waals surface area contributed by atoms with Crippen molar-refractivity contribution in [3.8, 4) is 0 Å². The third-order valence-corrected chi connectivity index (χ3v) is 3.82. The van der Waals surface area contributed by atoms with Crippen molar-refractivity contribution in [1.82, 2.24) is 0 Å². The average molecular weight is 277 g/mol. The number of hydrogen-bond donors (Lipinski definition) is 1. The Morgan fingerprint density at radius 2 is 1.90 bits per heavy atom. The molecule has 106 valence electrons. The van der Waals surface area contributed by atoms with Gasteiger partial charge in [-0.25, -0.2) is 0 Å². The molecule has 1 aliphatic carbocycles. The van der Waals surface area contributed by atoms with Gasteiger partial charge in [-0.2, -0.15) is 0 Å². The molecule has 1 fully saturated rings. The quantitative estimate of drug-likeness (QED) is 0.507. The molecule has 1 aromatic carbocycles. The van der Waals surface area contributed by atoms with Gasteiger partial charge >= 0.3 is 5.97 Å². The number of carboxylic acid groups (broad SMARTS) is 1. The highest BCUT2D eigenvalue weighted by molar-refractivity contribution is 5.96. The van der Waals surface area contributed by atoms with Crippen molar-refractivity contribution in [1.29, 1.82) is 0 Å². The number of carboxylic acids is 1. The lowest BCUT2D eigenvalue weighted by atomic mass is 9.89. The van der Waals surface area contributed by atoms with Gasteiger partial charge < -0.3 is 5.11 Å². The Labute approximate surface area is 115 Å². The SMILES string of the molecule is O=C(C[C@H]1CCC[C@@H]1C(=O)O)c1ccc([N+](=O)[O-])cc1. The summed E-state index contributed by atoms with van der Waals surface area (Å²) < 4.78 is 0. The number of benzene rings is 1. The summed E-state index contributed by atoms with van der Waals surface area (Å²) in [5.41, 5.74) is 0.331. The van der Waals surface area contributed by atoms with Crippen LogP contribution in [0.15, 0.2) is 24.3 Å². The molecule has 0 aromatic heterocycles. The normalized spacial score (nSPS) is 21.6. The zero-order valence-corrected chi connectivity index (χ0v) is 10.8. The number of nitro groups is 1. The van der Waals surface area contributed by atoms with E-state index in [1.165, 1.54) is 24.3 Å². The molecule has 0 heterocycles. The highest BCUT2D eigenvalue weighted by Crippen LogP contribution is 2.35. The molecule has 0 bridgehead atoms. The van der Waals surface area contributed by atoms with E-state index in [4.69, 9.17) is 5.11 Å². The first kappa shape index (κ1) is 14.2. The maximum atomic E-state index is 12.1. The van der Waals surface area contributed by atoms with Gasteiger partial charge in [-0.3, -0.25) is 19.7 Å². The zero-order valence-electron chi connectivity index (χ0n) is 10.8. The molecule has 0 spiro atoms. The minimum atomic E-state index is -0.844. The Balaban J connectivity index is 2.04. The standard InChI is InChI=1S/C14H15NO5/c16-13(8-10-2-1-3-12(10)14(17)18)9-4-6-11(7-5-9)15(19)20/h4-7,10,12H,1-3,8H2,(H,17,18)/t10-,12+/m1/s1. The summed E-state index contributed by atoms with van der Waals surface area (Å²) >= 11 is 0. The number of carbonyl (C=O) groups excluding carboxylic acids is 1. The van der Waals surface area contributed by atoms with Gasteiger partial charge in [0, 0.05) is 24.1 Å². The summed E-state index contributed by atoms with van der Waals surface area (Å²) in [6.07, 6.45) is 2.38. The summed E-state index contributed by atoms with van der Waals surface area (Å²) in [7, 11) is 0. The number of nitro benzene ring substituents is 1. The molecule has 6 nitrogen and oxygen atoms in total. The molecule has 0 radical (unpaired) electrons. The third-order valence-electron chi connectivity index (χ3n) is 3.82. The summed E-state index contributed by atoms with van der Waals surface area (Å²) in [5.74, 6) is -1.57. The molecule has 1 saturated carbocycles. The van der Waals surface area contributed by atoms with Gasteiger partial charge in [-0.1, -0.05) is 6.42 Å². The molecule has 0 saturated heterocycles. The number of non-ortho nitro benzene ring substituents is 1. The van der Waals surface area contributed by atoms with E-state index in [9.17, 15) is 19.7 Å². The van der Waals surface area contributed by atoms with Gasteiger partial charge in [0.25, 0.3) is 5.69 Å². The molecule has 1 N–H and O–H groups in total. The van der Waals surface area contributed by atoms with E-state index in [2.05, 4.69) is 0 Å². The van der Waals surface area contributed by atoms with E-state index >= 15 is 0 Å². The zero-order chi connectivity index (χ0) is 14.7. The van der Waals surface area contributed by atoms with Gasteiger partial charge in [-0.05, 0) is 30.9 Å². The molecule has 2 atom stereocenters. The number of hydrogen-bond acceptors (Lipinski definition) is 4. The van der Waals surface area contributed by atoms with Crippen molar-refractivity contribution >= 4 is 17.4 Å². The summed E-state index contributed by atoms with van der Waals surface area (Å²) in [6.45, 7) is 0. The second-order valence-electron chi connectivity index (χ2n) is 5.07. The molecule has 1 aromatic rings. The summed E-state index contributed by atoms with van der Waals surface area (Å²) in [5, 5.41) is 19.6. The second kappa shape index (κ2) is 5.81. The fraction of sp³-hybridized carbons (Fsp3) is 0.429. The number of nitrogens with zero attached hydrogens (tertiary/aromatic N) is 1. The molecule has 6 heteroatoms. The number of ketones is 1. The predicted octanol–water partition coefficient (Wildman–Crippen LogP) is 2.67. The fourth-order valence-corrected chi connectivity index (χ4v) is 2.73. The van der Waals surface area contributed by atoms with Crippen LogP contribution in [0.2, 0.25) is 0 Å². The van der Waals surface area contributed by atoms with Crippen LogP contribution >= 0.6 is 0 Å². The van der Waals surface area contributed by atoms with Crippen LogP contribution in [0.5, 0.6) is 0 Å². The molecular formula is C14H15NO5. The van der Waals surface area contributed by atoms with Crippen LogP contribution < -0.4 is 0 Å². The largest absolute Gasteiger partial charge is 0.481 e. The predicted molar refractivity (Wildman–Crippen MR) is 70.5 cm³/mol. The van der Waals surface area contributed by atoms with Crippen molar-refractivity contribution in [2.75, 3.05) is 0 Å². The van der Waals surface area contributed by atoms with Gasteiger partial charge in [0.2, 0.25) is 0 Å². The van der Waals surface area contributed by atoms with Gasteiger partial charge in [0.15, 0.2) is 5.78 Å². The highest BCUT2D eigenvalue weighted by Gasteiger charge is 2.34. The van der Waals surface area contributed by atoms with E-state index < -0.39 is 16.8 Å². The lowest BCUT2D eigenvalue weighted by Gasteiger charge is -2.14. The maximum Gasteiger partial charge on any atom is 0.306 e. The Hall–Kier alpha value is -2.24. The molecule has 1 aliphatic rings. The third kappa shape index (κ3) is 3.01. The number of rotatable bonds is 5. The molecule has 2 rings (SSSR count). The first-order chi connectivity index (χ1) is 9.49. The second-order valence-corrected chi connectivity index (χ2v) is 5.07. The van der Waals surface area contributed by atoms with E-state index in [0.717, 1.165) is 12.8 Å². The van der Waals surface area contributed by atoms with Crippen molar-refractivity contribution in [3.63, 3.8) is 0 Å². The number of carbonyl (C=O) groups is 2. The van der Waals surface area contributed by atoms with Crippen LogP contribution in [-0.2, 0) is 4.79 Å². The van der Waals surface area contributed by atoms with Crippen LogP contribution in [0.1, 0.15) is 36.0 Å². The summed E-state index contributed by atoms with van der Waals surface area (Å²) in [6, 6.07) is 5.42. The van der Waals surface area contributed by atoms with Crippen LogP contribution in [0.25, 0.3) is 0 Å². The van der Waals surface area contributed by atoms with E-state index in [-0.39, 0.29) is 23.8 Å². The smallest absolute Gasteiger partial charge is 0.306 e. The Morgan fingerprint density at radius 3 is 2.45 bits per heavy atom. The Kier molecular flexibility index (Phi) is 4.12. The monoisotopic (exact) mass is 277 g/mol. The van der Waals surface area contributed by atoms with Crippen LogP contribution in [0.4, 0.5) is 5.69 Å². The molecular weight excluding hydrogens is 262 g/mol. The Bertz CT molecular complexity index is 537. The van der Waals surface area contributed by atoms with Crippen LogP contribution in [0.3, 0.4) is 0 Å². The van der Waals surface area contributed by atoms with Crippen molar-refractivity contribution in [2.24, 2.45) is 11.8 Å². The van der Waals surface area contributed by atoms with E-state index in [0.29, 0.717) is 12.0 Å². The maximum absolute atomic E-state index is 12.1. The topological polar surface area (TPSA) is 97.5 Å². The lowest BCUT2D eigenvalue weighted by Crippen LogP contribution is -2.20. The highest BCUT2D eigenvalue weighted by atomic mass is 16.6. The Morgan fingerprint density at radius 1 is 1.25 bits per heavy atom. The van der Waals surface area contributed by atoms with E-state index in [1.54, 1.807) is 0 Å². The van der Waals surface area contributed by atoms with Crippen LogP contribution in [0, 0.1) is 22.0 Å². The molecule has 20 heavy (non-hydrogen) atoms.